The summed E-state index contributed by atoms with van der Waals surface area (Å²) in [5.74, 6) is 0.707. The van der Waals surface area contributed by atoms with E-state index in [1.807, 2.05) is 41.1 Å². The van der Waals surface area contributed by atoms with Crippen LogP contribution < -0.4 is 4.74 Å². The van der Waals surface area contributed by atoms with Crippen molar-refractivity contribution in [3.05, 3.63) is 52.2 Å². The molecule has 0 spiro atoms. The second kappa shape index (κ2) is 4.28. The van der Waals surface area contributed by atoms with Gasteiger partial charge in [-0.3, -0.25) is 0 Å². The monoisotopic (exact) mass is 234 g/mol. The van der Waals surface area contributed by atoms with Crippen LogP contribution in [-0.4, -0.2) is 12.2 Å². The van der Waals surface area contributed by atoms with Gasteiger partial charge in [-0.1, -0.05) is 18.2 Å². The molecule has 0 amide bonds. The summed E-state index contributed by atoms with van der Waals surface area (Å²) in [6.45, 7) is 1.78. The highest BCUT2D eigenvalue weighted by molar-refractivity contribution is 7.08. The minimum atomic E-state index is -1.01. The molecule has 0 saturated heterocycles. The number of hydrogen-bond donors (Lipinski definition) is 1. The third-order valence-corrected chi connectivity index (χ3v) is 3.40. The highest BCUT2D eigenvalue weighted by Crippen LogP contribution is 2.35. The van der Waals surface area contributed by atoms with Gasteiger partial charge in [-0.05, 0) is 35.4 Å². The second-order valence-corrected chi connectivity index (χ2v) is 4.56. The zero-order valence-electron chi connectivity index (χ0n) is 9.31. The van der Waals surface area contributed by atoms with Gasteiger partial charge in [0, 0.05) is 5.56 Å². The Hall–Kier alpha value is -1.32. The molecule has 1 unspecified atom stereocenters. The highest BCUT2D eigenvalue weighted by Gasteiger charge is 2.28. The molecule has 0 aliphatic carbocycles. The van der Waals surface area contributed by atoms with Crippen LogP contribution in [0, 0.1) is 0 Å². The van der Waals surface area contributed by atoms with E-state index in [0.717, 1.165) is 11.1 Å². The van der Waals surface area contributed by atoms with E-state index in [4.69, 9.17) is 4.74 Å². The summed E-state index contributed by atoms with van der Waals surface area (Å²) in [6.07, 6.45) is 0. The summed E-state index contributed by atoms with van der Waals surface area (Å²) in [7, 11) is 1.61. The van der Waals surface area contributed by atoms with Gasteiger partial charge < -0.3 is 9.84 Å². The number of methoxy groups -OCH3 is 1. The quantitative estimate of drug-likeness (QED) is 0.884. The molecule has 1 aromatic carbocycles. The Morgan fingerprint density at radius 2 is 2.00 bits per heavy atom. The van der Waals surface area contributed by atoms with Gasteiger partial charge in [0.05, 0.1) is 7.11 Å². The van der Waals surface area contributed by atoms with E-state index >= 15 is 0 Å². The largest absolute Gasteiger partial charge is 0.496 e. The van der Waals surface area contributed by atoms with Crippen LogP contribution in [0.3, 0.4) is 0 Å². The van der Waals surface area contributed by atoms with Crippen molar-refractivity contribution in [3.8, 4) is 5.75 Å². The van der Waals surface area contributed by atoms with Crippen LogP contribution in [0.1, 0.15) is 18.1 Å². The minimum absolute atomic E-state index is 0.707. The normalized spacial score (nSPS) is 14.4. The number of benzene rings is 1. The van der Waals surface area contributed by atoms with Gasteiger partial charge in [0.2, 0.25) is 0 Å². The number of thiophene rings is 1. The summed E-state index contributed by atoms with van der Waals surface area (Å²) >= 11 is 1.57. The van der Waals surface area contributed by atoms with Gasteiger partial charge >= 0.3 is 0 Å². The maximum Gasteiger partial charge on any atom is 0.125 e. The van der Waals surface area contributed by atoms with Gasteiger partial charge in [0.25, 0.3) is 0 Å². The van der Waals surface area contributed by atoms with Gasteiger partial charge in [0.15, 0.2) is 0 Å². The van der Waals surface area contributed by atoms with Gasteiger partial charge in [-0.2, -0.15) is 11.3 Å². The molecule has 1 heterocycles. The number of hydrogen-bond acceptors (Lipinski definition) is 3. The van der Waals surface area contributed by atoms with Crippen LogP contribution in [0.2, 0.25) is 0 Å². The van der Waals surface area contributed by atoms with Gasteiger partial charge in [-0.15, -0.1) is 0 Å². The van der Waals surface area contributed by atoms with Crippen LogP contribution in [0.4, 0.5) is 0 Å². The Morgan fingerprint density at radius 3 is 2.62 bits per heavy atom. The van der Waals surface area contributed by atoms with Crippen LogP contribution >= 0.6 is 11.3 Å². The summed E-state index contributed by atoms with van der Waals surface area (Å²) in [4.78, 5) is 0. The molecule has 84 valence electrons. The number of rotatable bonds is 3. The number of para-hydroxylation sites is 1. The first-order valence-corrected chi connectivity index (χ1v) is 5.99. The fraction of sp³-hybridized carbons (Fsp3) is 0.231. The number of ether oxygens (including phenoxy) is 1. The number of aliphatic hydroxyl groups is 1. The van der Waals surface area contributed by atoms with Crippen molar-refractivity contribution in [2.75, 3.05) is 7.11 Å². The smallest absolute Gasteiger partial charge is 0.125 e. The van der Waals surface area contributed by atoms with Crippen molar-refractivity contribution in [2.24, 2.45) is 0 Å². The molecule has 2 aromatic rings. The summed E-state index contributed by atoms with van der Waals surface area (Å²) < 4.78 is 5.27. The first-order chi connectivity index (χ1) is 7.66. The van der Waals surface area contributed by atoms with Crippen molar-refractivity contribution >= 4 is 11.3 Å². The van der Waals surface area contributed by atoms with E-state index in [-0.39, 0.29) is 0 Å². The summed E-state index contributed by atoms with van der Waals surface area (Å²) in [5, 5.41) is 14.5. The Morgan fingerprint density at radius 1 is 1.25 bits per heavy atom. The molecule has 0 fully saturated rings. The molecule has 16 heavy (non-hydrogen) atoms. The molecule has 0 aliphatic heterocycles. The van der Waals surface area contributed by atoms with Crippen LogP contribution in [-0.2, 0) is 5.60 Å². The minimum Gasteiger partial charge on any atom is -0.496 e. The summed E-state index contributed by atoms with van der Waals surface area (Å²) in [6, 6.07) is 9.47. The van der Waals surface area contributed by atoms with Crippen molar-refractivity contribution < 1.29 is 9.84 Å². The van der Waals surface area contributed by atoms with Gasteiger partial charge in [0.1, 0.15) is 11.4 Å². The fourth-order valence-electron chi connectivity index (χ4n) is 1.74. The fourth-order valence-corrected chi connectivity index (χ4v) is 2.50. The molecule has 1 N–H and O–H groups in total. The van der Waals surface area contributed by atoms with Crippen molar-refractivity contribution in [1.82, 2.24) is 0 Å². The Balaban J connectivity index is 2.51. The molecule has 1 atom stereocenters. The maximum absolute atomic E-state index is 10.6. The molecule has 3 heteroatoms. The Bertz CT molecular complexity index is 461. The molecule has 1 aromatic heterocycles. The van der Waals surface area contributed by atoms with Crippen LogP contribution in [0.25, 0.3) is 0 Å². The first kappa shape index (κ1) is 11.2. The second-order valence-electron chi connectivity index (χ2n) is 3.78. The lowest BCUT2D eigenvalue weighted by atomic mass is 9.89. The zero-order valence-corrected chi connectivity index (χ0v) is 10.1. The van der Waals surface area contributed by atoms with E-state index < -0.39 is 5.60 Å². The molecule has 0 saturated carbocycles. The van der Waals surface area contributed by atoms with Gasteiger partial charge in [-0.25, -0.2) is 0 Å². The standard InChI is InChI=1S/C13H14O2S/c1-13(14,10-7-8-16-9-10)11-5-3-4-6-12(11)15-2/h3-9,14H,1-2H3. The van der Waals surface area contributed by atoms with Crippen LogP contribution in [0.15, 0.2) is 41.1 Å². The van der Waals surface area contributed by atoms with Crippen LogP contribution in [0.5, 0.6) is 5.75 Å². The third-order valence-electron chi connectivity index (χ3n) is 2.71. The molecule has 2 rings (SSSR count). The predicted octanol–water partition coefficient (Wildman–Crippen LogP) is 3.01. The lowest BCUT2D eigenvalue weighted by molar-refractivity contribution is 0.0994. The Labute approximate surface area is 99.1 Å². The Kier molecular flexibility index (Phi) is 2.99. The highest BCUT2D eigenvalue weighted by atomic mass is 32.1. The van der Waals surface area contributed by atoms with Crippen molar-refractivity contribution in [3.63, 3.8) is 0 Å². The van der Waals surface area contributed by atoms with E-state index in [0.29, 0.717) is 5.75 Å². The SMILES string of the molecule is COc1ccccc1C(C)(O)c1ccsc1. The first-order valence-electron chi connectivity index (χ1n) is 5.05. The van der Waals surface area contributed by atoms with E-state index in [1.54, 1.807) is 25.4 Å². The maximum atomic E-state index is 10.6. The van der Waals surface area contributed by atoms with Crippen molar-refractivity contribution in [1.29, 1.82) is 0 Å². The molecule has 0 bridgehead atoms. The van der Waals surface area contributed by atoms with Crippen molar-refractivity contribution in [2.45, 2.75) is 12.5 Å². The molecule has 2 nitrogen and oxygen atoms in total. The molecular formula is C13H14O2S. The molecule has 0 radical (unpaired) electrons. The van der Waals surface area contributed by atoms with E-state index in [2.05, 4.69) is 0 Å². The average molecular weight is 234 g/mol. The third kappa shape index (κ3) is 1.84. The lowest BCUT2D eigenvalue weighted by Gasteiger charge is -2.24. The summed E-state index contributed by atoms with van der Waals surface area (Å²) in [5.41, 5.74) is 0.671. The predicted molar refractivity (Wildman–Crippen MR) is 66.0 cm³/mol. The van der Waals surface area contributed by atoms with E-state index in [1.165, 1.54) is 0 Å². The zero-order chi connectivity index (χ0) is 11.6. The average Bonchev–Trinajstić information content (AvgIpc) is 2.83. The van der Waals surface area contributed by atoms with E-state index in [9.17, 15) is 5.11 Å². The molecule has 0 aliphatic rings. The topological polar surface area (TPSA) is 29.5 Å². The lowest BCUT2D eigenvalue weighted by Crippen LogP contribution is -2.22. The molecular weight excluding hydrogens is 220 g/mol.